The summed E-state index contributed by atoms with van der Waals surface area (Å²) in [6.45, 7) is 0.846. The maximum atomic E-state index is 13.0. The molecule has 2 aromatic carbocycles. The third-order valence-electron chi connectivity index (χ3n) is 5.57. The molecule has 34 heavy (non-hydrogen) atoms. The minimum absolute atomic E-state index is 0.103. The van der Waals surface area contributed by atoms with Crippen LogP contribution in [0.4, 0.5) is 5.69 Å². The molecule has 1 heterocycles. The summed E-state index contributed by atoms with van der Waals surface area (Å²) < 4.78 is 42.7. The van der Waals surface area contributed by atoms with Gasteiger partial charge in [-0.15, -0.1) is 0 Å². The second-order valence-corrected chi connectivity index (χ2v) is 9.86. The van der Waals surface area contributed by atoms with Gasteiger partial charge < -0.3 is 19.5 Å². The molecule has 3 rings (SSSR count). The molecule has 1 N–H and O–H groups in total. The molecule has 0 saturated carbocycles. The molecule has 1 aliphatic heterocycles. The number of nitrogens with one attached hydrogen (secondary N) is 1. The van der Waals surface area contributed by atoms with Crippen molar-refractivity contribution in [3.8, 4) is 11.5 Å². The van der Waals surface area contributed by atoms with E-state index in [2.05, 4.69) is 5.32 Å². The molecule has 1 saturated heterocycles. The molecule has 2 aromatic rings. The van der Waals surface area contributed by atoms with Crippen molar-refractivity contribution in [2.24, 2.45) is 5.92 Å². The van der Waals surface area contributed by atoms with Crippen LogP contribution in [0.25, 0.3) is 0 Å². The predicted octanol–water partition coefficient (Wildman–Crippen LogP) is 3.07. The van der Waals surface area contributed by atoms with Gasteiger partial charge in [0.25, 0.3) is 0 Å². The van der Waals surface area contributed by atoms with Crippen molar-refractivity contribution in [3.63, 3.8) is 0 Å². The molecule has 9 nitrogen and oxygen atoms in total. The number of piperidine rings is 1. The molecule has 0 bridgehead atoms. The van der Waals surface area contributed by atoms with Crippen molar-refractivity contribution >= 4 is 27.6 Å². The molecule has 1 amide bonds. The molecule has 0 aromatic heterocycles. The molecular formula is C24H30N2O7S. The van der Waals surface area contributed by atoms with Crippen LogP contribution in [-0.2, 0) is 24.3 Å². The lowest BCUT2D eigenvalue weighted by Crippen LogP contribution is -2.42. The van der Waals surface area contributed by atoms with E-state index in [1.54, 1.807) is 43.5 Å². The zero-order chi connectivity index (χ0) is 24.6. The van der Waals surface area contributed by atoms with Gasteiger partial charge in [0.2, 0.25) is 15.9 Å². The van der Waals surface area contributed by atoms with Crippen LogP contribution >= 0.6 is 0 Å². The molecule has 0 unspecified atom stereocenters. The van der Waals surface area contributed by atoms with Gasteiger partial charge in [-0.3, -0.25) is 9.59 Å². The van der Waals surface area contributed by atoms with Crippen LogP contribution in [0.3, 0.4) is 0 Å². The fraction of sp³-hybridized carbons (Fsp3) is 0.417. The smallest absolute Gasteiger partial charge is 0.309 e. The number of ether oxygens (including phenoxy) is 3. The Morgan fingerprint density at radius 1 is 1.03 bits per heavy atom. The number of esters is 1. The van der Waals surface area contributed by atoms with Crippen LogP contribution in [0.2, 0.25) is 0 Å². The zero-order valence-corrected chi connectivity index (χ0v) is 20.2. The summed E-state index contributed by atoms with van der Waals surface area (Å²) in [6, 6.07) is 13.2. The SMILES string of the molecule is COC(=O)[C@H]1CCCN(S(=O)(=O)c2ccc(NC(=O)CCCOc3ccc(OC)cc3)cc2)C1. The number of benzene rings is 2. The number of hydrogen-bond acceptors (Lipinski definition) is 7. The van der Waals surface area contributed by atoms with Gasteiger partial charge in [-0.2, -0.15) is 4.31 Å². The summed E-state index contributed by atoms with van der Waals surface area (Å²) in [4.78, 5) is 24.1. The van der Waals surface area contributed by atoms with E-state index in [0.717, 1.165) is 5.75 Å². The minimum Gasteiger partial charge on any atom is -0.497 e. The van der Waals surface area contributed by atoms with E-state index in [-0.39, 0.29) is 23.8 Å². The van der Waals surface area contributed by atoms with E-state index in [9.17, 15) is 18.0 Å². The monoisotopic (exact) mass is 490 g/mol. The molecule has 1 atom stereocenters. The van der Waals surface area contributed by atoms with E-state index < -0.39 is 21.9 Å². The fourth-order valence-corrected chi connectivity index (χ4v) is 5.22. The Balaban J connectivity index is 1.47. The first-order valence-electron chi connectivity index (χ1n) is 11.1. The normalized spacial score (nSPS) is 16.5. The van der Waals surface area contributed by atoms with Gasteiger partial charge in [-0.05, 0) is 67.8 Å². The summed E-state index contributed by atoms with van der Waals surface area (Å²) in [5.41, 5.74) is 0.506. The average Bonchev–Trinajstić information content (AvgIpc) is 2.87. The van der Waals surface area contributed by atoms with Crippen molar-refractivity contribution in [2.45, 2.75) is 30.6 Å². The Morgan fingerprint density at radius 2 is 1.71 bits per heavy atom. The molecule has 0 aliphatic carbocycles. The Bertz CT molecular complexity index is 1070. The van der Waals surface area contributed by atoms with E-state index in [0.29, 0.717) is 43.9 Å². The summed E-state index contributed by atoms with van der Waals surface area (Å²) in [6.07, 6.45) is 1.99. The molecule has 0 spiro atoms. The minimum atomic E-state index is -3.74. The highest BCUT2D eigenvalue weighted by Gasteiger charge is 2.33. The molecule has 0 radical (unpaired) electrons. The van der Waals surface area contributed by atoms with Gasteiger partial charge in [-0.25, -0.2) is 8.42 Å². The van der Waals surface area contributed by atoms with Crippen molar-refractivity contribution in [3.05, 3.63) is 48.5 Å². The van der Waals surface area contributed by atoms with Crippen molar-refractivity contribution in [1.82, 2.24) is 4.31 Å². The van der Waals surface area contributed by atoms with Crippen LogP contribution in [0.5, 0.6) is 11.5 Å². The van der Waals surface area contributed by atoms with Crippen molar-refractivity contribution < 1.29 is 32.2 Å². The van der Waals surface area contributed by atoms with Crippen LogP contribution in [0.1, 0.15) is 25.7 Å². The number of sulfonamides is 1. The number of carbonyl (C=O) groups excluding carboxylic acids is 2. The highest BCUT2D eigenvalue weighted by Crippen LogP contribution is 2.25. The van der Waals surface area contributed by atoms with Gasteiger partial charge in [0.1, 0.15) is 11.5 Å². The largest absolute Gasteiger partial charge is 0.497 e. The van der Waals surface area contributed by atoms with E-state index in [1.807, 2.05) is 0 Å². The second-order valence-electron chi connectivity index (χ2n) is 7.93. The standard InChI is InChI=1S/C24H30N2O7S/c1-31-20-9-11-21(12-10-20)33-16-4-6-23(27)25-19-7-13-22(14-8-19)34(29,30)26-15-3-5-18(17-26)24(28)32-2/h7-14,18H,3-6,15-17H2,1-2H3,(H,25,27)/t18-/m0/s1. The maximum Gasteiger partial charge on any atom is 0.309 e. The van der Waals surface area contributed by atoms with Gasteiger partial charge in [0.15, 0.2) is 0 Å². The molecule has 10 heteroatoms. The van der Waals surface area contributed by atoms with Crippen LogP contribution < -0.4 is 14.8 Å². The number of anilines is 1. The summed E-state index contributed by atoms with van der Waals surface area (Å²) in [5, 5.41) is 2.76. The number of amides is 1. The number of methoxy groups -OCH3 is 2. The summed E-state index contributed by atoms with van der Waals surface area (Å²) in [7, 11) is -0.845. The predicted molar refractivity (Wildman–Crippen MR) is 126 cm³/mol. The molecule has 1 fully saturated rings. The number of carbonyl (C=O) groups is 2. The third kappa shape index (κ3) is 6.71. The average molecular weight is 491 g/mol. The maximum absolute atomic E-state index is 13.0. The third-order valence-corrected chi connectivity index (χ3v) is 7.45. The van der Waals surface area contributed by atoms with Crippen LogP contribution in [0, 0.1) is 5.92 Å². The van der Waals surface area contributed by atoms with Crippen LogP contribution in [-0.4, -0.2) is 58.5 Å². The molecular weight excluding hydrogens is 460 g/mol. The van der Waals surface area contributed by atoms with Gasteiger partial charge in [0.05, 0.1) is 31.6 Å². The number of rotatable bonds is 10. The Labute approximate surface area is 200 Å². The van der Waals surface area contributed by atoms with Crippen LogP contribution in [0.15, 0.2) is 53.4 Å². The topological polar surface area (TPSA) is 111 Å². The summed E-state index contributed by atoms with van der Waals surface area (Å²) in [5.74, 6) is 0.399. The molecule has 1 aliphatic rings. The van der Waals surface area contributed by atoms with Gasteiger partial charge in [0, 0.05) is 25.2 Å². The first-order valence-corrected chi connectivity index (χ1v) is 12.5. The highest BCUT2D eigenvalue weighted by atomic mass is 32.2. The fourth-order valence-electron chi connectivity index (χ4n) is 3.70. The Morgan fingerprint density at radius 3 is 2.35 bits per heavy atom. The zero-order valence-electron chi connectivity index (χ0n) is 19.4. The Hall–Kier alpha value is -3.11. The quantitative estimate of drug-likeness (QED) is 0.402. The lowest BCUT2D eigenvalue weighted by molar-refractivity contribution is -0.146. The summed E-state index contributed by atoms with van der Waals surface area (Å²) >= 11 is 0. The number of hydrogen-bond donors (Lipinski definition) is 1. The van der Waals surface area contributed by atoms with E-state index >= 15 is 0 Å². The lowest BCUT2D eigenvalue weighted by Gasteiger charge is -2.30. The Kier molecular flexibility index (Phi) is 8.89. The van der Waals surface area contributed by atoms with E-state index in [4.69, 9.17) is 14.2 Å². The van der Waals surface area contributed by atoms with Gasteiger partial charge >= 0.3 is 5.97 Å². The van der Waals surface area contributed by atoms with Crippen molar-refractivity contribution in [2.75, 3.05) is 39.2 Å². The van der Waals surface area contributed by atoms with Gasteiger partial charge in [-0.1, -0.05) is 0 Å². The van der Waals surface area contributed by atoms with E-state index in [1.165, 1.54) is 23.5 Å². The number of nitrogens with zero attached hydrogens (tertiary/aromatic N) is 1. The van der Waals surface area contributed by atoms with Crippen molar-refractivity contribution in [1.29, 1.82) is 0 Å². The first-order chi connectivity index (χ1) is 16.3. The highest BCUT2D eigenvalue weighted by molar-refractivity contribution is 7.89. The lowest BCUT2D eigenvalue weighted by atomic mass is 10.0. The first kappa shape index (κ1) is 25.5. The molecule has 184 valence electrons. The second kappa shape index (κ2) is 11.8.